The molecule has 0 radical (unpaired) electrons. The number of hydrogen-bond donors (Lipinski definition) is 0. The molecule has 104 valence electrons. The van der Waals surface area contributed by atoms with Gasteiger partial charge in [-0.25, -0.2) is 4.98 Å². The number of likely N-dealkylation sites (N-methyl/N-ethyl adjacent to an activating group) is 1. The molecule has 2 heterocycles. The third-order valence-corrected chi connectivity index (χ3v) is 3.00. The van der Waals surface area contributed by atoms with E-state index in [1.54, 1.807) is 30.7 Å². The Kier molecular flexibility index (Phi) is 4.71. The molecule has 4 nitrogen and oxygen atoms in total. The van der Waals surface area contributed by atoms with Crippen LogP contribution in [0.15, 0.2) is 41.1 Å². The average molecular weight is 291 g/mol. The summed E-state index contributed by atoms with van der Waals surface area (Å²) in [7, 11) is 3.88. The first kappa shape index (κ1) is 14.5. The van der Waals surface area contributed by atoms with Gasteiger partial charge in [-0.2, -0.15) is 0 Å². The Morgan fingerprint density at radius 1 is 1.40 bits per heavy atom. The van der Waals surface area contributed by atoms with Crippen molar-refractivity contribution >= 4 is 29.0 Å². The van der Waals surface area contributed by atoms with Crippen LogP contribution >= 0.6 is 11.6 Å². The monoisotopic (exact) mass is 290 g/mol. The summed E-state index contributed by atoms with van der Waals surface area (Å²) in [4.78, 5) is 17.5. The summed E-state index contributed by atoms with van der Waals surface area (Å²) in [6, 6.07) is 7.08. The third-order valence-electron chi connectivity index (χ3n) is 2.78. The van der Waals surface area contributed by atoms with Crippen LogP contribution in [-0.4, -0.2) is 36.8 Å². The van der Waals surface area contributed by atoms with Crippen molar-refractivity contribution in [1.29, 1.82) is 0 Å². The fourth-order valence-electron chi connectivity index (χ4n) is 1.91. The fourth-order valence-corrected chi connectivity index (χ4v) is 2.02. The summed E-state index contributed by atoms with van der Waals surface area (Å²) in [6.45, 7) is 0.595. The van der Waals surface area contributed by atoms with Gasteiger partial charge in [0.1, 0.15) is 10.9 Å². The lowest BCUT2D eigenvalue weighted by Crippen LogP contribution is -2.16. The van der Waals surface area contributed by atoms with E-state index in [2.05, 4.69) is 4.98 Å². The van der Waals surface area contributed by atoms with E-state index in [-0.39, 0.29) is 0 Å². The summed E-state index contributed by atoms with van der Waals surface area (Å²) >= 11 is 5.81. The lowest BCUT2D eigenvalue weighted by molar-refractivity contribution is -0.103. The first-order valence-electron chi connectivity index (χ1n) is 6.10. The molecule has 0 atom stereocenters. The summed E-state index contributed by atoms with van der Waals surface area (Å²) in [6.07, 6.45) is 4.02. The third kappa shape index (κ3) is 3.35. The second kappa shape index (κ2) is 6.50. The number of pyridine rings is 1. The van der Waals surface area contributed by atoms with Crippen molar-refractivity contribution in [3.8, 4) is 0 Å². The van der Waals surface area contributed by atoms with Crippen LogP contribution in [0.1, 0.15) is 11.3 Å². The molecule has 0 aliphatic carbocycles. The van der Waals surface area contributed by atoms with Gasteiger partial charge in [-0.15, -0.1) is 0 Å². The van der Waals surface area contributed by atoms with Gasteiger partial charge in [-0.3, -0.25) is 4.79 Å². The molecule has 0 bridgehead atoms. The molecule has 2 rings (SSSR count). The highest BCUT2D eigenvalue weighted by atomic mass is 35.5. The SMILES string of the molecule is CN(C)CC(=C(C=O)c1ccco1)c1ccc(Cl)nc1. The summed E-state index contributed by atoms with van der Waals surface area (Å²) in [5.74, 6) is 0.548. The molecule has 0 saturated carbocycles. The van der Waals surface area contributed by atoms with Gasteiger partial charge in [0.25, 0.3) is 0 Å². The van der Waals surface area contributed by atoms with E-state index < -0.39 is 0 Å². The number of aromatic nitrogens is 1. The Balaban J connectivity index is 2.55. The second-order valence-electron chi connectivity index (χ2n) is 4.59. The molecule has 0 aromatic carbocycles. The molecule has 0 aliphatic heterocycles. The van der Waals surface area contributed by atoms with E-state index in [0.717, 1.165) is 17.4 Å². The summed E-state index contributed by atoms with van der Waals surface area (Å²) < 4.78 is 5.34. The van der Waals surface area contributed by atoms with Crippen molar-refractivity contribution in [3.63, 3.8) is 0 Å². The number of nitrogens with zero attached hydrogens (tertiary/aromatic N) is 2. The van der Waals surface area contributed by atoms with E-state index >= 15 is 0 Å². The molecule has 2 aromatic rings. The minimum absolute atomic E-state index is 0.420. The van der Waals surface area contributed by atoms with Crippen LogP contribution in [0, 0.1) is 0 Å². The predicted octanol–water partition coefficient (Wildman–Crippen LogP) is 3.00. The van der Waals surface area contributed by atoms with Gasteiger partial charge in [0.05, 0.1) is 11.8 Å². The summed E-state index contributed by atoms with van der Waals surface area (Å²) in [5, 5.41) is 0.420. The van der Waals surface area contributed by atoms with Gasteiger partial charge in [0, 0.05) is 12.7 Å². The minimum atomic E-state index is 0.420. The molecule has 0 N–H and O–H groups in total. The molecule has 0 amide bonds. The summed E-state index contributed by atoms with van der Waals surface area (Å²) in [5.41, 5.74) is 2.22. The van der Waals surface area contributed by atoms with E-state index in [4.69, 9.17) is 16.0 Å². The second-order valence-corrected chi connectivity index (χ2v) is 4.98. The molecule has 0 fully saturated rings. The minimum Gasteiger partial charge on any atom is -0.464 e. The Labute approximate surface area is 122 Å². The molecule has 0 unspecified atom stereocenters. The predicted molar refractivity (Wildman–Crippen MR) is 79.4 cm³/mol. The number of furan rings is 1. The van der Waals surface area contributed by atoms with Crippen LogP contribution in [0.2, 0.25) is 5.15 Å². The van der Waals surface area contributed by atoms with Gasteiger partial charge in [-0.1, -0.05) is 17.7 Å². The van der Waals surface area contributed by atoms with Gasteiger partial charge in [0.15, 0.2) is 6.29 Å². The first-order chi connectivity index (χ1) is 9.61. The largest absolute Gasteiger partial charge is 0.464 e. The molecule has 20 heavy (non-hydrogen) atoms. The number of rotatable bonds is 5. The quantitative estimate of drug-likeness (QED) is 0.482. The maximum atomic E-state index is 11.5. The van der Waals surface area contributed by atoms with Crippen molar-refractivity contribution in [1.82, 2.24) is 9.88 Å². The number of halogens is 1. The van der Waals surface area contributed by atoms with Gasteiger partial charge >= 0.3 is 0 Å². The van der Waals surface area contributed by atoms with Crippen LogP contribution in [0.25, 0.3) is 11.1 Å². The zero-order chi connectivity index (χ0) is 14.5. The lowest BCUT2D eigenvalue weighted by atomic mass is 10.00. The van der Waals surface area contributed by atoms with E-state index in [1.807, 2.05) is 25.1 Å². The standard InChI is InChI=1S/C15H15ClN2O2/c1-18(2)9-12(11-5-6-15(16)17-8-11)13(10-19)14-4-3-7-20-14/h3-8,10H,9H2,1-2H3. The highest BCUT2D eigenvalue weighted by Crippen LogP contribution is 2.26. The zero-order valence-electron chi connectivity index (χ0n) is 11.3. The highest BCUT2D eigenvalue weighted by molar-refractivity contribution is 6.29. The van der Waals surface area contributed by atoms with Crippen molar-refractivity contribution < 1.29 is 9.21 Å². The van der Waals surface area contributed by atoms with Crippen molar-refractivity contribution in [2.24, 2.45) is 0 Å². The van der Waals surface area contributed by atoms with Crippen LogP contribution in [0.4, 0.5) is 0 Å². The van der Waals surface area contributed by atoms with Gasteiger partial charge in [0.2, 0.25) is 0 Å². The normalized spacial score (nSPS) is 12.4. The Morgan fingerprint density at radius 3 is 2.70 bits per heavy atom. The highest BCUT2D eigenvalue weighted by Gasteiger charge is 2.14. The Morgan fingerprint density at radius 2 is 2.20 bits per heavy atom. The Bertz CT molecular complexity index is 601. The topological polar surface area (TPSA) is 46.3 Å². The lowest BCUT2D eigenvalue weighted by Gasteiger charge is -2.15. The van der Waals surface area contributed by atoms with Crippen molar-refractivity contribution in [3.05, 3.63) is 53.2 Å². The zero-order valence-corrected chi connectivity index (χ0v) is 12.1. The van der Waals surface area contributed by atoms with Crippen molar-refractivity contribution in [2.75, 3.05) is 20.6 Å². The molecular formula is C15H15ClN2O2. The van der Waals surface area contributed by atoms with E-state index in [0.29, 0.717) is 23.0 Å². The smallest absolute Gasteiger partial charge is 0.154 e. The molecule has 5 heteroatoms. The molecule has 2 aromatic heterocycles. The maximum absolute atomic E-state index is 11.5. The van der Waals surface area contributed by atoms with Crippen LogP contribution < -0.4 is 0 Å². The number of hydrogen-bond acceptors (Lipinski definition) is 4. The maximum Gasteiger partial charge on any atom is 0.154 e. The fraction of sp³-hybridized carbons (Fsp3) is 0.200. The number of allylic oxidation sites excluding steroid dienone is 1. The van der Waals surface area contributed by atoms with Gasteiger partial charge < -0.3 is 9.32 Å². The molecule has 0 spiro atoms. The number of aldehydes is 1. The molecule has 0 saturated heterocycles. The number of carbonyl (C=O) groups excluding carboxylic acids is 1. The van der Waals surface area contributed by atoms with Crippen molar-refractivity contribution in [2.45, 2.75) is 0 Å². The first-order valence-corrected chi connectivity index (χ1v) is 6.48. The van der Waals surface area contributed by atoms with Crippen LogP contribution in [0.3, 0.4) is 0 Å². The van der Waals surface area contributed by atoms with Crippen LogP contribution in [-0.2, 0) is 4.79 Å². The number of carbonyl (C=O) groups is 1. The van der Waals surface area contributed by atoms with E-state index in [1.165, 1.54) is 0 Å². The van der Waals surface area contributed by atoms with Gasteiger partial charge in [-0.05, 0) is 43.4 Å². The van der Waals surface area contributed by atoms with E-state index in [9.17, 15) is 4.79 Å². The molecule has 0 aliphatic rings. The average Bonchev–Trinajstić information content (AvgIpc) is 2.93. The molecular weight excluding hydrogens is 276 g/mol. The van der Waals surface area contributed by atoms with Crippen LogP contribution in [0.5, 0.6) is 0 Å². The Hall–Kier alpha value is -1.91.